The molecular weight excluding hydrogens is 272 g/mol. The maximum absolute atomic E-state index is 4.50. The van der Waals surface area contributed by atoms with Crippen LogP contribution in [0, 0.1) is 0 Å². The summed E-state index contributed by atoms with van der Waals surface area (Å²) >= 11 is 9.00. The molecule has 0 spiro atoms. The Bertz CT molecular complexity index is 572. The van der Waals surface area contributed by atoms with E-state index in [1.165, 1.54) is 0 Å². The molecule has 0 unspecified atom stereocenters. The summed E-state index contributed by atoms with van der Waals surface area (Å²) in [7, 11) is 0. The van der Waals surface area contributed by atoms with Gasteiger partial charge in [-0.3, -0.25) is 0 Å². The average Bonchev–Trinajstić information content (AvgIpc) is 2.89. The Morgan fingerprint density at radius 2 is 1.11 bits per heavy atom. The first-order valence-corrected chi connectivity index (χ1v) is 6.93. The zero-order valence-corrected chi connectivity index (χ0v) is 12.1. The van der Waals surface area contributed by atoms with Crippen molar-refractivity contribution in [3.05, 3.63) is 60.9 Å². The van der Waals surface area contributed by atoms with Gasteiger partial charge in [0.2, 0.25) is 0 Å². The first-order chi connectivity index (χ1) is 9.25. The lowest BCUT2D eigenvalue weighted by atomic mass is 10.3. The lowest BCUT2D eigenvalue weighted by molar-refractivity contribution is 0.955. The van der Waals surface area contributed by atoms with Crippen LogP contribution in [-0.4, -0.2) is 6.67 Å². The standard InChI is InChI=1S/C15H14N2S2/c18-14-7-3-1-5-12(14)16-9-10-17(11-16)13-6-2-4-8-15(13)19/h1-10,18-19H,11H2. The number of para-hydroxylation sites is 2. The second kappa shape index (κ2) is 5.23. The highest BCUT2D eigenvalue weighted by Crippen LogP contribution is 2.31. The number of hydrogen-bond donors (Lipinski definition) is 2. The molecule has 1 aliphatic heterocycles. The molecule has 2 aromatic rings. The topological polar surface area (TPSA) is 6.48 Å². The number of thiol groups is 2. The van der Waals surface area contributed by atoms with E-state index in [2.05, 4.69) is 59.6 Å². The molecule has 0 radical (unpaired) electrons. The molecule has 2 nitrogen and oxygen atoms in total. The first-order valence-electron chi connectivity index (χ1n) is 6.03. The Morgan fingerprint density at radius 3 is 1.53 bits per heavy atom. The monoisotopic (exact) mass is 286 g/mol. The summed E-state index contributed by atoms with van der Waals surface area (Å²) in [4.78, 5) is 6.30. The quantitative estimate of drug-likeness (QED) is 0.805. The molecule has 0 atom stereocenters. The molecule has 0 saturated heterocycles. The molecule has 0 aromatic heterocycles. The summed E-state index contributed by atoms with van der Waals surface area (Å²) in [6.07, 6.45) is 4.13. The fourth-order valence-electron chi connectivity index (χ4n) is 2.15. The van der Waals surface area contributed by atoms with Crippen LogP contribution in [0.4, 0.5) is 11.4 Å². The highest BCUT2D eigenvalue weighted by molar-refractivity contribution is 7.80. The molecule has 1 aliphatic rings. The van der Waals surface area contributed by atoms with Crippen molar-refractivity contribution in [2.75, 3.05) is 16.5 Å². The van der Waals surface area contributed by atoms with E-state index < -0.39 is 0 Å². The van der Waals surface area contributed by atoms with Gasteiger partial charge in [0.05, 0.1) is 18.0 Å². The Labute approximate surface area is 124 Å². The van der Waals surface area contributed by atoms with Crippen LogP contribution in [0.2, 0.25) is 0 Å². The third kappa shape index (κ3) is 2.46. The Morgan fingerprint density at radius 1 is 0.684 bits per heavy atom. The van der Waals surface area contributed by atoms with Crippen LogP contribution < -0.4 is 9.80 Å². The lowest BCUT2D eigenvalue weighted by Gasteiger charge is -2.23. The summed E-state index contributed by atoms with van der Waals surface area (Å²) in [6.45, 7) is 0.773. The number of nitrogens with zero attached hydrogens (tertiary/aromatic N) is 2. The molecule has 19 heavy (non-hydrogen) atoms. The van der Waals surface area contributed by atoms with Crippen molar-refractivity contribution in [2.45, 2.75) is 9.79 Å². The van der Waals surface area contributed by atoms with Gasteiger partial charge in [-0.25, -0.2) is 0 Å². The van der Waals surface area contributed by atoms with Crippen LogP contribution in [0.3, 0.4) is 0 Å². The number of rotatable bonds is 2. The third-order valence-electron chi connectivity index (χ3n) is 3.11. The molecule has 0 saturated carbocycles. The lowest BCUT2D eigenvalue weighted by Crippen LogP contribution is -2.25. The van der Waals surface area contributed by atoms with Crippen LogP contribution in [0.5, 0.6) is 0 Å². The fourth-order valence-corrected chi connectivity index (χ4v) is 2.72. The van der Waals surface area contributed by atoms with E-state index in [0.29, 0.717) is 0 Å². The predicted molar refractivity (Wildman–Crippen MR) is 86.4 cm³/mol. The SMILES string of the molecule is Sc1ccccc1N1C=CN(c2ccccc2S)C1. The van der Waals surface area contributed by atoms with Crippen molar-refractivity contribution in [2.24, 2.45) is 0 Å². The summed E-state index contributed by atoms with van der Waals surface area (Å²) in [5.41, 5.74) is 2.22. The molecule has 96 valence electrons. The van der Waals surface area contributed by atoms with E-state index >= 15 is 0 Å². The third-order valence-corrected chi connectivity index (χ3v) is 3.87. The predicted octanol–water partition coefficient (Wildman–Crippen LogP) is 4.02. The van der Waals surface area contributed by atoms with Crippen molar-refractivity contribution < 1.29 is 0 Å². The normalized spacial score (nSPS) is 14.2. The maximum Gasteiger partial charge on any atom is 0.0990 e. The van der Waals surface area contributed by atoms with E-state index in [1.54, 1.807) is 0 Å². The van der Waals surface area contributed by atoms with Gasteiger partial charge in [-0.1, -0.05) is 24.3 Å². The minimum absolute atomic E-state index is 0.773. The molecular formula is C15H14N2S2. The molecule has 0 bridgehead atoms. The van der Waals surface area contributed by atoms with Crippen LogP contribution >= 0.6 is 25.3 Å². The van der Waals surface area contributed by atoms with E-state index in [1.807, 2.05) is 36.4 Å². The largest absolute Gasteiger partial charge is 0.327 e. The van der Waals surface area contributed by atoms with Crippen molar-refractivity contribution >= 4 is 36.6 Å². The van der Waals surface area contributed by atoms with E-state index in [4.69, 9.17) is 0 Å². The minimum Gasteiger partial charge on any atom is -0.327 e. The zero-order chi connectivity index (χ0) is 13.2. The molecule has 4 heteroatoms. The summed E-state index contributed by atoms with van der Waals surface area (Å²) in [5.74, 6) is 0. The molecule has 3 rings (SSSR count). The van der Waals surface area contributed by atoms with Gasteiger partial charge in [-0.05, 0) is 24.3 Å². The van der Waals surface area contributed by atoms with Gasteiger partial charge in [-0.15, -0.1) is 25.3 Å². The van der Waals surface area contributed by atoms with Crippen molar-refractivity contribution in [3.8, 4) is 0 Å². The van der Waals surface area contributed by atoms with Gasteiger partial charge < -0.3 is 9.80 Å². The van der Waals surface area contributed by atoms with Crippen molar-refractivity contribution in [1.82, 2.24) is 0 Å². The van der Waals surface area contributed by atoms with Gasteiger partial charge in [0.15, 0.2) is 0 Å². The van der Waals surface area contributed by atoms with Crippen LogP contribution in [0.1, 0.15) is 0 Å². The maximum atomic E-state index is 4.50. The van der Waals surface area contributed by atoms with E-state index in [-0.39, 0.29) is 0 Å². The Hall–Kier alpha value is -1.52. The van der Waals surface area contributed by atoms with Gasteiger partial charge in [0.1, 0.15) is 0 Å². The highest BCUT2D eigenvalue weighted by atomic mass is 32.1. The summed E-state index contributed by atoms with van der Waals surface area (Å²) in [6, 6.07) is 16.2. The van der Waals surface area contributed by atoms with Gasteiger partial charge in [0, 0.05) is 22.2 Å². The molecule has 0 fully saturated rings. The molecule has 0 N–H and O–H groups in total. The Kier molecular flexibility index (Phi) is 3.44. The van der Waals surface area contributed by atoms with Crippen LogP contribution in [0.25, 0.3) is 0 Å². The average molecular weight is 286 g/mol. The smallest absolute Gasteiger partial charge is 0.0990 e. The number of benzene rings is 2. The molecule has 0 aliphatic carbocycles. The van der Waals surface area contributed by atoms with Crippen molar-refractivity contribution in [3.63, 3.8) is 0 Å². The molecule has 1 heterocycles. The van der Waals surface area contributed by atoms with E-state index in [9.17, 15) is 0 Å². The van der Waals surface area contributed by atoms with Crippen LogP contribution in [0.15, 0.2) is 70.7 Å². The first kappa shape index (κ1) is 12.5. The van der Waals surface area contributed by atoms with Crippen LogP contribution in [-0.2, 0) is 0 Å². The van der Waals surface area contributed by atoms with Gasteiger partial charge in [-0.2, -0.15) is 0 Å². The minimum atomic E-state index is 0.773. The van der Waals surface area contributed by atoms with Gasteiger partial charge in [0.25, 0.3) is 0 Å². The second-order valence-electron chi connectivity index (χ2n) is 4.36. The molecule has 2 aromatic carbocycles. The number of hydrogen-bond acceptors (Lipinski definition) is 4. The zero-order valence-electron chi connectivity index (χ0n) is 10.3. The van der Waals surface area contributed by atoms with E-state index in [0.717, 1.165) is 27.8 Å². The number of anilines is 2. The highest BCUT2D eigenvalue weighted by Gasteiger charge is 2.17. The Balaban J connectivity index is 1.84. The molecule has 0 amide bonds. The second-order valence-corrected chi connectivity index (χ2v) is 5.32. The summed E-state index contributed by atoms with van der Waals surface area (Å²) < 4.78 is 0. The fraction of sp³-hybridized carbons (Fsp3) is 0.0667. The van der Waals surface area contributed by atoms with Crippen molar-refractivity contribution in [1.29, 1.82) is 0 Å². The van der Waals surface area contributed by atoms with Gasteiger partial charge >= 0.3 is 0 Å². The summed E-state index contributed by atoms with van der Waals surface area (Å²) in [5, 5.41) is 0.